The van der Waals surface area contributed by atoms with Crippen molar-refractivity contribution in [2.75, 3.05) is 0 Å². The van der Waals surface area contributed by atoms with Crippen LogP contribution in [-0.2, 0) is 6.54 Å². The Morgan fingerprint density at radius 1 is 1.27 bits per heavy atom. The van der Waals surface area contributed by atoms with Crippen molar-refractivity contribution in [3.05, 3.63) is 36.0 Å². The Hall–Kier alpha value is -1.28. The van der Waals surface area contributed by atoms with Crippen molar-refractivity contribution in [3.63, 3.8) is 0 Å². The van der Waals surface area contributed by atoms with Gasteiger partial charge < -0.3 is 10.3 Å². The normalized spacial score (nSPS) is 16.8. The fourth-order valence-corrected chi connectivity index (χ4v) is 2.14. The molecule has 0 amide bonds. The molecule has 2 heteroatoms. The smallest absolute Gasteiger partial charge is 0.0457 e. The van der Waals surface area contributed by atoms with E-state index in [1.807, 2.05) is 0 Å². The predicted octanol–water partition coefficient (Wildman–Crippen LogP) is 2.81. The van der Waals surface area contributed by atoms with Crippen LogP contribution in [-0.4, -0.2) is 11.0 Å². The molecule has 1 aromatic heterocycles. The monoisotopic (exact) mass is 200 g/mol. The van der Waals surface area contributed by atoms with Crippen molar-refractivity contribution in [3.8, 4) is 0 Å². The van der Waals surface area contributed by atoms with Gasteiger partial charge in [0.05, 0.1) is 0 Å². The van der Waals surface area contributed by atoms with Crippen LogP contribution >= 0.6 is 0 Å². The summed E-state index contributed by atoms with van der Waals surface area (Å²) in [5.74, 6) is 0. The molecule has 1 aliphatic rings. The van der Waals surface area contributed by atoms with Gasteiger partial charge in [0, 0.05) is 29.7 Å². The van der Waals surface area contributed by atoms with Crippen LogP contribution in [0.3, 0.4) is 0 Å². The van der Waals surface area contributed by atoms with Crippen LogP contribution in [0.5, 0.6) is 0 Å². The Bertz CT molecular complexity index is 454. The van der Waals surface area contributed by atoms with Crippen LogP contribution < -0.4 is 5.32 Å². The maximum Gasteiger partial charge on any atom is 0.0457 e. The molecule has 2 nitrogen and oxygen atoms in total. The lowest BCUT2D eigenvalue weighted by Crippen LogP contribution is -2.34. The largest absolute Gasteiger partial charge is 0.361 e. The van der Waals surface area contributed by atoms with E-state index in [0.717, 1.165) is 12.6 Å². The molecule has 1 saturated carbocycles. The summed E-state index contributed by atoms with van der Waals surface area (Å²) in [6, 6.07) is 9.25. The van der Waals surface area contributed by atoms with Gasteiger partial charge in [0.1, 0.15) is 0 Å². The SMILES string of the molecule is c1ccc2c(CNC3CCC3)c[nH]c2c1. The maximum absolute atomic E-state index is 3.59. The zero-order chi connectivity index (χ0) is 10.1. The number of hydrogen-bond donors (Lipinski definition) is 2. The summed E-state index contributed by atoms with van der Waals surface area (Å²) in [7, 11) is 0. The zero-order valence-corrected chi connectivity index (χ0v) is 8.79. The van der Waals surface area contributed by atoms with E-state index in [2.05, 4.69) is 40.8 Å². The number of aromatic amines is 1. The summed E-state index contributed by atoms with van der Waals surface area (Å²) in [5, 5.41) is 4.94. The van der Waals surface area contributed by atoms with Crippen LogP contribution in [0, 0.1) is 0 Å². The number of nitrogens with one attached hydrogen (secondary N) is 2. The highest BCUT2D eigenvalue weighted by atomic mass is 14.9. The highest BCUT2D eigenvalue weighted by Crippen LogP contribution is 2.21. The van der Waals surface area contributed by atoms with Crippen molar-refractivity contribution in [2.24, 2.45) is 0 Å². The molecule has 15 heavy (non-hydrogen) atoms. The van der Waals surface area contributed by atoms with Crippen molar-refractivity contribution >= 4 is 10.9 Å². The Labute approximate surface area is 89.7 Å². The van der Waals surface area contributed by atoms with Crippen molar-refractivity contribution in [1.82, 2.24) is 10.3 Å². The Kier molecular flexibility index (Phi) is 2.22. The molecule has 0 atom stereocenters. The van der Waals surface area contributed by atoms with Gasteiger partial charge in [-0.3, -0.25) is 0 Å². The molecule has 0 bridgehead atoms. The van der Waals surface area contributed by atoms with E-state index in [0.29, 0.717) is 0 Å². The minimum absolute atomic E-state index is 0.763. The first kappa shape index (κ1) is 8.98. The molecule has 1 heterocycles. The van der Waals surface area contributed by atoms with Crippen molar-refractivity contribution in [1.29, 1.82) is 0 Å². The third-order valence-electron chi connectivity index (χ3n) is 3.36. The van der Waals surface area contributed by atoms with Crippen LogP contribution in [0.15, 0.2) is 30.5 Å². The lowest BCUT2D eigenvalue weighted by molar-refractivity contribution is 0.338. The quantitative estimate of drug-likeness (QED) is 0.783. The first-order valence-electron chi connectivity index (χ1n) is 5.72. The van der Waals surface area contributed by atoms with E-state index >= 15 is 0 Å². The van der Waals surface area contributed by atoms with Gasteiger partial charge in [-0.15, -0.1) is 0 Å². The molecular formula is C13H16N2. The number of rotatable bonds is 3. The number of benzene rings is 1. The maximum atomic E-state index is 3.59. The third-order valence-corrected chi connectivity index (χ3v) is 3.36. The summed E-state index contributed by atoms with van der Waals surface area (Å²) >= 11 is 0. The zero-order valence-electron chi connectivity index (χ0n) is 8.79. The number of aromatic nitrogens is 1. The van der Waals surface area contributed by atoms with E-state index in [-0.39, 0.29) is 0 Å². The standard InChI is InChI=1S/C13H16N2/c1-2-7-13-12(6-1)10(9-15-13)8-14-11-4-3-5-11/h1-2,6-7,9,11,14-15H,3-5,8H2. The van der Waals surface area contributed by atoms with Crippen LogP contribution in [0.2, 0.25) is 0 Å². The molecule has 0 aliphatic heterocycles. The molecule has 0 spiro atoms. The van der Waals surface area contributed by atoms with Gasteiger partial charge in [-0.2, -0.15) is 0 Å². The Balaban J connectivity index is 1.78. The first-order valence-corrected chi connectivity index (χ1v) is 5.72. The second-order valence-electron chi connectivity index (χ2n) is 4.37. The summed E-state index contributed by atoms with van der Waals surface area (Å²) in [5.41, 5.74) is 2.63. The number of H-pyrrole nitrogens is 1. The van der Waals surface area contributed by atoms with E-state index in [1.54, 1.807) is 0 Å². The van der Waals surface area contributed by atoms with E-state index in [9.17, 15) is 0 Å². The fraction of sp³-hybridized carbons (Fsp3) is 0.385. The number of fused-ring (bicyclic) bond motifs is 1. The van der Waals surface area contributed by atoms with Gasteiger partial charge in [-0.25, -0.2) is 0 Å². The second-order valence-corrected chi connectivity index (χ2v) is 4.37. The topological polar surface area (TPSA) is 27.8 Å². The summed E-state index contributed by atoms with van der Waals surface area (Å²) in [6.45, 7) is 0.995. The van der Waals surface area contributed by atoms with Gasteiger partial charge in [-0.05, 0) is 24.5 Å². The summed E-state index contributed by atoms with van der Waals surface area (Å²) in [6.07, 6.45) is 6.21. The molecule has 78 valence electrons. The highest BCUT2D eigenvalue weighted by molar-refractivity contribution is 5.82. The molecular weight excluding hydrogens is 184 g/mol. The van der Waals surface area contributed by atoms with Gasteiger partial charge in [-0.1, -0.05) is 24.6 Å². The lowest BCUT2D eigenvalue weighted by Gasteiger charge is -2.26. The number of hydrogen-bond acceptors (Lipinski definition) is 1. The van der Waals surface area contributed by atoms with Crippen molar-refractivity contribution < 1.29 is 0 Å². The van der Waals surface area contributed by atoms with E-state index in [4.69, 9.17) is 0 Å². The Morgan fingerprint density at radius 2 is 2.13 bits per heavy atom. The van der Waals surface area contributed by atoms with Crippen LogP contribution in [0.4, 0.5) is 0 Å². The highest BCUT2D eigenvalue weighted by Gasteiger charge is 2.16. The molecule has 1 aromatic carbocycles. The van der Waals surface area contributed by atoms with Crippen molar-refractivity contribution in [2.45, 2.75) is 31.8 Å². The Morgan fingerprint density at radius 3 is 2.93 bits per heavy atom. The average molecular weight is 200 g/mol. The first-order chi connectivity index (χ1) is 7.43. The van der Waals surface area contributed by atoms with Crippen LogP contribution in [0.1, 0.15) is 24.8 Å². The van der Waals surface area contributed by atoms with Crippen LogP contribution in [0.25, 0.3) is 10.9 Å². The van der Waals surface area contributed by atoms with E-state index < -0.39 is 0 Å². The lowest BCUT2D eigenvalue weighted by atomic mass is 9.93. The van der Waals surface area contributed by atoms with Gasteiger partial charge in [0.25, 0.3) is 0 Å². The summed E-state index contributed by atoms with van der Waals surface area (Å²) in [4.78, 5) is 3.31. The third kappa shape index (κ3) is 1.65. The molecule has 1 aliphatic carbocycles. The molecule has 2 aromatic rings. The molecule has 3 rings (SSSR count). The second kappa shape index (κ2) is 3.70. The molecule has 2 N–H and O–H groups in total. The molecule has 0 saturated heterocycles. The molecule has 0 unspecified atom stereocenters. The predicted molar refractivity (Wildman–Crippen MR) is 62.8 cm³/mol. The molecule has 1 fully saturated rings. The van der Waals surface area contributed by atoms with Gasteiger partial charge >= 0.3 is 0 Å². The van der Waals surface area contributed by atoms with Gasteiger partial charge in [0.15, 0.2) is 0 Å². The molecule has 0 radical (unpaired) electrons. The minimum Gasteiger partial charge on any atom is -0.361 e. The van der Waals surface area contributed by atoms with E-state index in [1.165, 1.54) is 35.7 Å². The minimum atomic E-state index is 0.763. The van der Waals surface area contributed by atoms with Gasteiger partial charge in [0.2, 0.25) is 0 Å². The average Bonchev–Trinajstić information content (AvgIpc) is 2.60. The summed E-state index contributed by atoms with van der Waals surface area (Å²) < 4.78 is 0. The number of para-hydroxylation sites is 1. The fourth-order valence-electron chi connectivity index (χ4n) is 2.14.